The molecule has 7 rings (SSSR count). The molecule has 18 nitrogen and oxygen atoms in total. The summed E-state index contributed by atoms with van der Waals surface area (Å²) >= 11 is 6.05. The van der Waals surface area contributed by atoms with Crippen molar-refractivity contribution in [3.8, 4) is 23.0 Å². The van der Waals surface area contributed by atoms with E-state index in [0.29, 0.717) is 31.2 Å². The van der Waals surface area contributed by atoms with E-state index in [2.05, 4.69) is 20.7 Å². The minimum atomic E-state index is -2.12. The number of nitrogens with one attached hydrogen (secondary N) is 2. The van der Waals surface area contributed by atoms with Gasteiger partial charge in [0.2, 0.25) is 0 Å². The van der Waals surface area contributed by atoms with Gasteiger partial charge in [-0.1, -0.05) is 57.5 Å². The molecule has 1 fully saturated rings. The first kappa shape index (κ1) is 52.2. The molecule has 4 aliphatic rings. The molecule has 5 bridgehead atoms. The summed E-state index contributed by atoms with van der Waals surface area (Å²) in [6.45, 7) is 14.7. The minimum absolute atomic E-state index is 0.00533. The number of phenolic OH excluding ortho intramolecular Hbond substituents is 3. The number of esters is 1. The van der Waals surface area contributed by atoms with Gasteiger partial charge in [-0.3, -0.25) is 24.1 Å². The molecule has 3 aromatic rings. The lowest BCUT2D eigenvalue weighted by atomic mass is 9.78. The molecule has 0 aromatic heterocycles. The Morgan fingerprint density at radius 2 is 1.61 bits per heavy atom. The van der Waals surface area contributed by atoms with Crippen molar-refractivity contribution in [2.75, 3.05) is 50.1 Å². The number of phenols is 3. The molecule has 0 radical (unpaired) electrons. The molecule has 1 saturated heterocycles. The molecule has 19 heteroatoms. The number of hydrogen-bond donors (Lipinski definition) is 7. The van der Waals surface area contributed by atoms with Gasteiger partial charge in [-0.2, -0.15) is 5.10 Å². The Labute approximate surface area is 405 Å². The summed E-state index contributed by atoms with van der Waals surface area (Å²) in [5, 5.41) is 65.3. The summed E-state index contributed by atoms with van der Waals surface area (Å²) in [5.41, 5.74) is 2.52. The minimum Gasteiger partial charge on any atom is -0.507 e. The molecule has 372 valence electrons. The zero-order chi connectivity index (χ0) is 50.6. The number of aliphatic hydroxyl groups excluding tert-OH is 2. The summed E-state index contributed by atoms with van der Waals surface area (Å²) in [6, 6.07) is 7.50. The number of aliphatic hydroxyl groups is 2. The van der Waals surface area contributed by atoms with Crippen LogP contribution < -0.4 is 20.4 Å². The van der Waals surface area contributed by atoms with Gasteiger partial charge in [0.05, 0.1) is 59.5 Å². The predicted octanol–water partition coefficient (Wildman–Crippen LogP) is 5.68. The van der Waals surface area contributed by atoms with Crippen molar-refractivity contribution in [2.24, 2.45) is 28.8 Å². The van der Waals surface area contributed by atoms with Crippen LogP contribution >= 0.6 is 11.6 Å². The molecule has 0 spiro atoms. The maximum atomic E-state index is 14.5. The van der Waals surface area contributed by atoms with E-state index in [1.54, 1.807) is 39.8 Å². The predicted molar refractivity (Wildman–Crippen MR) is 260 cm³/mol. The Kier molecular flexibility index (Phi) is 16.4. The number of ketones is 1. The van der Waals surface area contributed by atoms with Crippen LogP contribution in [0, 0.1) is 30.6 Å². The average molecular weight is 977 g/mol. The summed E-state index contributed by atoms with van der Waals surface area (Å²) in [4.78, 5) is 58.1. The monoisotopic (exact) mass is 975 g/mol. The van der Waals surface area contributed by atoms with Crippen molar-refractivity contribution in [3.63, 3.8) is 0 Å². The van der Waals surface area contributed by atoms with Gasteiger partial charge in [-0.25, -0.2) is 5.43 Å². The molecule has 0 unspecified atom stereocenters. The second-order valence-corrected chi connectivity index (χ2v) is 18.6. The van der Waals surface area contributed by atoms with Crippen molar-refractivity contribution >= 4 is 63.5 Å². The number of piperazine rings is 1. The summed E-state index contributed by atoms with van der Waals surface area (Å²) in [6.07, 6.45) is 4.23. The first-order chi connectivity index (χ1) is 32.6. The number of nitrogens with zero attached hydrogens (tertiary/aromatic N) is 3. The number of Topliss-reactive ketones (excluding diaryl/α,β-unsaturated/α-hetero) is 1. The second kappa shape index (κ2) is 21.6. The number of fused-ring (bicyclic) bond motifs is 14. The number of carbonyl (C=O) groups excluding carboxylic acids is 4. The lowest BCUT2D eigenvalue weighted by molar-refractivity contribution is -0.160. The largest absolute Gasteiger partial charge is 0.507 e. The topological polar surface area (TPSA) is 249 Å². The normalized spacial score (nSPS) is 29.0. The summed E-state index contributed by atoms with van der Waals surface area (Å²) in [5.74, 6) is -9.66. The molecule has 2 amide bonds. The van der Waals surface area contributed by atoms with Crippen molar-refractivity contribution < 1.29 is 63.7 Å². The van der Waals surface area contributed by atoms with Crippen LogP contribution in [0.25, 0.3) is 10.8 Å². The molecule has 0 saturated carbocycles. The smallest absolute Gasteiger partial charge is 0.312 e. The SMILES string of the molecule is CO[C@H]1/C=C/O[C@@]2(C)Oc3c(C)c(O)c4c(O)c(c(C=NNC(=O)CN5CCN(c6ccc(Cl)cc6)CC5)c(O)c4c3C2=O)NC(=O)/C(C)=C\C=C\[C@@H](C)[C@H](O)[C@@H](C)[C@@H](O)[C@@H](C)[C@H](OC(C)=O)[C@@H]1C. The number of carbonyl (C=O) groups is 4. The van der Waals surface area contributed by atoms with Crippen LogP contribution in [-0.2, 0) is 28.6 Å². The fraction of sp³-hybridized carbons (Fsp3) is 0.460. The third-order valence-electron chi connectivity index (χ3n) is 13.3. The van der Waals surface area contributed by atoms with Gasteiger partial charge in [0.15, 0.2) is 5.75 Å². The summed E-state index contributed by atoms with van der Waals surface area (Å²) in [7, 11) is 1.42. The number of benzene rings is 3. The number of allylic oxidation sites excluding steroid dienone is 2. The highest BCUT2D eigenvalue weighted by atomic mass is 35.5. The highest BCUT2D eigenvalue weighted by Gasteiger charge is 2.50. The summed E-state index contributed by atoms with van der Waals surface area (Å²) < 4.78 is 23.6. The number of hydrogen-bond acceptors (Lipinski definition) is 16. The molecule has 4 aliphatic heterocycles. The van der Waals surface area contributed by atoms with E-state index in [-0.39, 0.29) is 39.9 Å². The van der Waals surface area contributed by atoms with Crippen LogP contribution in [0.2, 0.25) is 5.02 Å². The molecule has 4 heterocycles. The highest BCUT2D eigenvalue weighted by molar-refractivity contribution is 6.30. The van der Waals surface area contributed by atoms with Crippen LogP contribution in [0.1, 0.15) is 70.0 Å². The van der Waals surface area contributed by atoms with Gasteiger partial charge in [0.1, 0.15) is 23.4 Å². The van der Waals surface area contributed by atoms with Crippen LogP contribution in [0.4, 0.5) is 11.4 Å². The molecule has 9 atom stereocenters. The highest BCUT2D eigenvalue weighted by Crippen LogP contribution is 2.55. The number of halogens is 1. The number of methoxy groups -OCH3 is 1. The lowest BCUT2D eigenvalue weighted by Crippen LogP contribution is -2.49. The quantitative estimate of drug-likeness (QED) is 0.0495. The maximum absolute atomic E-state index is 14.5. The third-order valence-corrected chi connectivity index (χ3v) is 13.6. The van der Waals surface area contributed by atoms with E-state index in [1.807, 2.05) is 29.2 Å². The van der Waals surface area contributed by atoms with Gasteiger partial charge in [0, 0.05) is 98.0 Å². The first-order valence-corrected chi connectivity index (χ1v) is 23.1. The van der Waals surface area contributed by atoms with Gasteiger partial charge >= 0.3 is 11.8 Å². The van der Waals surface area contributed by atoms with E-state index in [9.17, 15) is 44.7 Å². The number of amides is 2. The van der Waals surface area contributed by atoms with Crippen molar-refractivity contribution in [2.45, 2.75) is 85.6 Å². The Hall–Kier alpha value is -6.18. The third kappa shape index (κ3) is 11.0. The van der Waals surface area contributed by atoms with Crippen molar-refractivity contribution in [1.29, 1.82) is 0 Å². The Bertz CT molecular complexity index is 2570. The molecule has 3 aromatic carbocycles. The maximum Gasteiger partial charge on any atom is 0.312 e. The van der Waals surface area contributed by atoms with Gasteiger partial charge in [0.25, 0.3) is 17.6 Å². The molecule has 0 aliphatic carbocycles. The number of anilines is 2. The van der Waals surface area contributed by atoms with E-state index in [4.69, 9.17) is 30.5 Å². The fourth-order valence-corrected chi connectivity index (χ4v) is 9.22. The molecule has 7 N–H and O–H groups in total. The van der Waals surface area contributed by atoms with Crippen molar-refractivity contribution in [1.82, 2.24) is 10.3 Å². The Morgan fingerprint density at radius 1 is 0.942 bits per heavy atom. The Balaban J connectivity index is 1.40. The first-order valence-electron chi connectivity index (χ1n) is 22.7. The fourth-order valence-electron chi connectivity index (χ4n) is 9.10. The van der Waals surface area contributed by atoms with Gasteiger partial charge in [-0.15, -0.1) is 0 Å². The van der Waals surface area contributed by atoms with E-state index < -0.39 is 106 Å². The molecule has 69 heavy (non-hydrogen) atoms. The van der Waals surface area contributed by atoms with E-state index in [0.717, 1.165) is 18.2 Å². The number of aromatic hydroxyl groups is 3. The molecular formula is C50H62ClN5O13. The Morgan fingerprint density at radius 3 is 2.25 bits per heavy atom. The van der Waals surface area contributed by atoms with Crippen LogP contribution in [0.15, 0.2) is 65.5 Å². The zero-order valence-electron chi connectivity index (χ0n) is 40.1. The van der Waals surface area contributed by atoms with Gasteiger partial charge < -0.3 is 54.7 Å². The van der Waals surface area contributed by atoms with Crippen molar-refractivity contribution in [3.05, 3.63) is 82.1 Å². The van der Waals surface area contributed by atoms with Crippen LogP contribution in [0.5, 0.6) is 23.0 Å². The van der Waals surface area contributed by atoms with E-state index >= 15 is 0 Å². The second-order valence-electron chi connectivity index (χ2n) is 18.2. The number of hydrazone groups is 1. The molecular weight excluding hydrogens is 914 g/mol. The number of rotatable bonds is 7. The van der Waals surface area contributed by atoms with Crippen LogP contribution in [0.3, 0.4) is 0 Å². The standard InChI is InChI=1S/C50H62ClN5O13/c1-25-11-10-12-26(2)49(65)53-40-34(23-52-54-36(58)24-55-18-20-56(21-19-55)33-15-13-32(51)14-16-33)44(62)37-38(45(40)63)43(61)30(6)47-39(37)48(64)50(8,69-47)67-22-17-35(66-9)27(3)46(68-31(7)57)29(5)42(60)28(4)41(25)59/h10-17,22-23,25,27-29,35,41-42,46,59-63H,18-21,24H2,1-9H3,(H,53,65)(H,54,58)/b11-10+,22-17+,26-12-,52-23?/t25-,27-,28-,29-,35+,41+,42-,46-,50+/m1/s1. The lowest BCUT2D eigenvalue weighted by Gasteiger charge is -2.38. The number of ether oxygens (including phenoxy) is 4. The van der Waals surface area contributed by atoms with E-state index in [1.165, 1.54) is 47.0 Å². The van der Waals surface area contributed by atoms with Gasteiger partial charge in [-0.05, 0) is 44.2 Å². The van der Waals surface area contributed by atoms with Crippen LogP contribution in [-0.4, -0.2) is 130 Å². The average Bonchev–Trinajstić information content (AvgIpc) is 3.58. The zero-order valence-corrected chi connectivity index (χ0v) is 40.9.